The molecule has 771 valence electrons. The van der Waals surface area contributed by atoms with Crippen molar-refractivity contribution >= 4 is 88.6 Å². The van der Waals surface area contributed by atoms with Gasteiger partial charge >= 0.3 is 141 Å². The smallest absolute Gasteiger partial charge is 1.00 e. The third-order valence-corrected chi connectivity index (χ3v) is 9.68. The first kappa shape index (κ1) is 216. The molecule has 31 nitrogen and oxygen atoms in total. The number of primary amides is 4. The van der Waals surface area contributed by atoms with Crippen molar-refractivity contribution in [2.75, 3.05) is 14.2 Å². The Morgan fingerprint density at radius 3 is 0.500 bits per heavy atom. The Morgan fingerprint density at radius 1 is 0.325 bits per heavy atom. The topological polar surface area (TPSA) is 680 Å². The number of nitrogens with two attached hydrogens (primary N) is 7. The molecule has 6 aromatic rings. The number of unbranched alkanes of at least 4 members (excludes halogenated alkanes) is 11. The minimum atomic E-state index is -1.85. The number of hydrogen-bond donors (Lipinski definition) is 9. The molecule has 0 spiro atoms. The van der Waals surface area contributed by atoms with Gasteiger partial charge < -0.3 is 134 Å². The summed E-state index contributed by atoms with van der Waals surface area (Å²) in [5.41, 5.74) is 19.6. The van der Waals surface area contributed by atoms with Crippen LogP contribution in [0.4, 0.5) is 0 Å². The molecule has 41 heteroatoms. The summed E-state index contributed by atoms with van der Waals surface area (Å²) in [6.45, 7) is 41.6. The number of hydrogen-bond acceptors (Lipinski definition) is 19. The molecule has 0 aliphatic rings. The van der Waals surface area contributed by atoms with Crippen molar-refractivity contribution in [2.45, 2.75) is 293 Å². The van der Waals surface area contributed by atoms with E-state index in [9.17, 15) is 28.8 Å². The Bertz CT molecular complexity index is 1950. The van der Waals surface area contributed by atoms with E-state index >= 15 is 0 Å². The fraction of sp³-hybridized carbons (Fsp3) is 0.541. The molecule has 6 rings (SSSR count). The number of carbonyl (C=O) groups excluding carboxylic acids is 6. The van der Waals surface area contributed by atoms with E-state index in [1.807, 2.05) is 213 Å². The van der Waals surface area contributed by atoms with Crippen LogP contribution < -0.4 is 116 Å². The molecule has 32 N–H and O–H groups in total. The van der Waals surface area contributed by atoms with Gasteiger partial charge in [-0.05, 0) is 111 Å². The number of methoxy groups -OCH3 is 2. The van der Waals surface area contributed by atoms with Crippen LogP contribution in [0, 0.1) is 14.9 Å². The van der Waals surface area contributed by atoms with E-state index in [1.54, 1.807) is 74.4 Å². The first-order valence-electron chi connectivity index (χ1n) is 38.4. The van der Waals surface area contributed by atoms with Gasteiger partial charge in [-0.3, -0.25) is 63.5 Å². The molecule has 0 aliphatic heterocycles. The van der Waals surface area contributed by atoms with E-state index in [-0.39, 0.29) is 199 Å². The van der Waals surface area contributed by atoms with E-state index in [0.717, 1.165) is 116 Å². The zero-order chi connectivity index (χ0) is 90.5. The van der Waals surface area contributed by atoms with Crippen LogP contribution in [0.1, 0.15) is 293 Å². The fourth-order valence-electron chi connectivity index (χ4n) is 5.12. The quantitative estimate of drug-likeness (QED) is 0.00718. The van der Waals surface area contributed by atoms with Gasteiger partial charge in [-0.15, -0.1) is 0 Å². The number of ether oxygens (including phenoxy) is 2. The van der Waals surface area contributed by atoms with Gasteiger partial charge in [-0.1, -0.05) is 246 Å². The van der Waals surface area contributed by atoms with Crippen molar-refractivity contribution < 1.29 is 208 Å². The second-order valence-electron chi connectivity index (χ2n) is 18.3. The van der Waals surface area contributed by atoms with Gasteiger partial charge in [0.2, 0.25) is 23.6 Å². The number of pyridine rings is 6. The molecule has 0 aliphatic carbocycles. The van der Waals surface area contributed by atoms with Crippen LogP contribution >= 0.6 is 47.1 Å². The fourth-order valence-corrected chi connectivity index (χ4v) is 5.12. The number of carboxylic acid groups (broad SMARTS) is 1. The van der Waals surface area contributed by atoms with Gasteiger partial charge in [0, 0.05) is 141 Å². The standard InChI is InChI=1S/C7H14O2.4C6H13NO.C6H12O2.6C5H5N.C2H4O2.7C2H6.2CH3.5ClH.HI.K.H3NO.2H3N.2H2N.5H2O.3Pt/c1-3-4-5-6-7(8)9-2;4*1-2-3-4-5-6(7)8;1-3-4-5-6(7)8-2;6*1-2-4-6-5-3-1;1-2(3)4;7*1-2;;;;;;;;;;1-2;;;;;;;;;;;;/h3-6H2,1-2H3;4*2-5H2,1H3,(H2,7,8);3-5H2,1-2H3;6*1-5H;1H3,(H,3,4);7*1-2H3;2*1H3;6*1H;;2H,1H2;2*1H3;7*1H2;;;/q;;;;;;;;;;;;;;;;;;;;2*-1;;;;;;;+1;;;;2*-1;;;;;;;+2;+3/p-6. The summed E-state index contributed by atoms with van der Waals surface area (Å²) in [7, 11) is 27.5. The SMILES string of the molecule is CC.CC.CC.CC.CC.CC.CC.CC(=O)O.CCCCC(=O)OC.CCCCCC(=O)OC.CCCCCC(N)=O.CCCCCC(N)=O.CCCCCC(N)=O.CCCCCC(N)=O.N.N.NO.O.O.O.O.O.[CH3-].[CH3-].[Cl][Pt]([Cl])[Cl].[Cl][Pt][Cl].[I-].[K+].[NH2-].[NH2-].[Pt].c1ccncc1.c1ccncc1.c1ccncc1.c1ccncc1.c1ccncc1.c1ccncc1. The minimum absolute atomic E-state index is 0. The summed E-state index contributed by atoms with van der Waals surface area (Å²) in [5, 5.41) is 13.9. The Hall–Kier alpha value is -3.37. The number of amides is 4. The molecule has 0 saturated carbocycles. The van der Waals surface area contributed by atoms with Gasteiger partial charge in [0.05, 0.1) is 14.2 Å². The van der Waals surface area contributed by atoms with E-state index in [2.05, 4.69) is 79.9 Å². The predicted molar refractivity (Wildman–Crippen MR) is 526 cm³/mol. The molecule has 6 heterocycles. The number of rotatable bonds is 23. The first-order valence-corrected chi connectivity index (χ1v) is 52.4. The summed E-state index contributed by atoms with van der Waals surface area (Å²) in [6, 6.07) is 34.3. The molecule has 0 bridgehead atoms. The number of nitrogens with zero attached hydrogens (tertiary/aromatic N) is 6. The van der Waals surface area contributed by atoms with Crippen LogP contribution in [-0.4, -0.2) is 123 Å². The number of halogens is 6. The largest absolute Gasteiger partial charge is 1.00 e. The van der Waals surface area contributed by atoms with Crippen LogP contribution in [0.5, 0.6) is 0 Å². The Balaban J connectivity index is -0.0000000260. The van der Waals surface area contributed by atoms with Crippen molar-refractivity contribution in [1.29, 1.82) is 0 Å². The molecular formula is C85H183Cl5IKN15O16Pt3-4. The molecule has 0 saturated heterocycles. The van der Waals surface area contributed by atoms with E-state index in [4.69, 9.17) is 85.1 Å². The van der Waals surface area contributed by atoms with Gasteiger partial charge in [0.15, 0.2) is 0 Å². The van der Waals surface area contributed by atoms with Gasteiger partial charge in [-0.2, -0.15) is 0 Å². The Labute approximate surface area is 875 Å². The van der Waals surface area contributed by atoms with E-state index in [1.165, 1.54) is 14.2 Å². The third kappa shape index (κ3) is 401. The van der Waals surface area contributed by atoms with Crippen LogP contribution in [0.2, 0.25) is 0 Å². The van der Waals surface area contributed by atoms with Crippen molar-refractivity contribution in [2.24, 2.45) is 28.8 Å². The zero-order valence-electron chi connectivity index (χ0n) is 81.5. The Morgan fingerprint density at radius 2 is 0.429 bits per heavy atom. The normalized spacial score (nSPS) is 6.92. The average molecular weight is 2600 g/mol. The third-order valence-electron chi connectivity index (χ3n) is 9.68. The second kappa shape index (κ2) is 259. The summed E-state index contributed by atoms with van der Waals surface area (Å²) in [4.78, 5) is 92.9. The molecule has 4 amide bonds. The summed E-state index contributed by atoms with van der Waals surface area (Å²) >= 11 is -2.32. The average Bonchev–Trinajstić information content (AvgIpc) is 1.07. The van der Waals surface area contributed by atoms with Crippen molar-refractivity contribution in [3.8, 4) is 0 Å². The molecule has 0 radical (unpaired) electrons. The maximum absolute atomic E-state index is 10.5. The van der Waals surface area contributed by atoms with Crippen LogP contribution in [0.15, 0.2) is 184 Å². The first-order chi connectivity index (χ1) is 54.1. The van der Waals surface area contributed by atoms with Crippen molar-refractivity contribution in [1.82, 2.24) is 42.2 Å². The second-order valence-corrected chi connectivity index (χ2v) is 31.4. The maximum Gasteiger partial charge on any atom is 1.00 e. The van der Waals surface area contributed by atoms with Gasteiger partial charge in [-0.25, -0.2) is 5.90 Å². The molecule has 0 fully saturated rings. The van der Waals surface area contributed by atoms with Crippen molar-refractivity contribution in [3.63, 3.8) is 0 Å². The van der Waals surface area contributed by atoms with Gasteiger partial charge in [0.1, 0.15) is 0 Å². The van der Waals surface area contributed by atoms with E-state index in [0.29, 0.717) is 38.5 Å². The molecule has 0 aromatic carbocycles. The maximum atomic E-state index is 10.5. The van der Waals surface area contributed by atoms with Crippen molar-refractivity contribution in [3.05, 3.63) is 211 Å². The number of carbonyl (C=O) groups is 7. The van der Waals surface area contributed by atoms with Crippen LogP contribution in [0.25, 0.3) is 12.3 Å². The molecule has 126 heavy (non-hydrogen) atoms. The summed E-state index contributed by atoms with van der Waals surface area (Å²) < 4.78 is 8.87. The number of aliphatic carboxylic acids is 1. The van der Waals surface area contributed by atoms with E-state index < -0.39 is 36.6 Å². The molecule has 6 aromatic heterocycles. The van der Waals surface area contributed by atoms with Crippen LogP contribution in [0.3, 0.4) is 0 Å². The van der Waals surface area contributed by atoms with Gasteiger partial charge in [0.25, 0.3) is 5.97 Å². The molecule has 0 unspecified atom stereocenters. The minimum Gasteiger partial charge on any atom is -1.00 e. The number of carboxylic acids is 1. The summed E-state index contributed by atoms with van der Waals surface area (Å²) in [6.07, 6.45) is 42.4. The number of aromatic nitrogens is 6. The molecule has 0 atom stereocenters. The number of esters is 2. The Kier molecular flexibility index (Phi) is 445. The zero-order valence-corrected chi connectivity index (χ0v) is 97.4. The van der Waals surface area contributed by atoms with Crippen LogP contribution in [-0.2, 0) is 94.8 Å². The monoisotopic (exact) mass is 2600 g/mol. The molecular weight excluding hydrogens is 2420 g/mol. The summed E-state index contributed by atoms with van der Waals surface area (Å²) in [5.74, 6) is 1.74. The predicted octanol–water partition coefficient (Wildman–Crippen LogP) is 16.4.